The highest BCUT2D eigenvalue weighted by molar-refractivity contribution is 8.18. The highest BCUT2D eigenvalue weighted by Gasteiger charge is 2.35. The van der Waals surface area contributed by atoms with Gasteiger partial charge in [-0.15, -0.1) is 0 Å². The Balaban J connectivity index is 1.57. The minimum Gasteiger partial charge on any atom is -0.496 e. The summed E-state index contributed by atoms with van der Waals surface area (Å²) in [6, 6.07) is 16.3. The van der Waals surface area contributed by atoms with Crippen molar-refractivity contribution in [2.75, 3.05) is 20.3 Å². The van der Waals surface area contributed by atoms with Gasteiger partial charge in [-0.2, -0.15) is 0 Å². The second-order valence-corrected chi connectivity index (χ2v) is 7.96. The number of hydrogen-bond donors (Lipinski definition) is 2. The summed E-state index contributed by atoms with van der Waals surface area (Å²) in [7, 11) is 1.54. The topological polar surface area (TPSA) is 95.9 Å². The molecule has 162 valence electrons. The van der Waals surface area contributed by atoms with Crippen molar-refractivity contribution < 1.29 is 24.2 Å². The van der Waals surface area contributed by atoms with Crippen molar-refractivity contribution in [1.29, 1.82) is 0 Å². The molecule has 1 aliphatic rings. The number of carbonyl (C=O) groups excluding carboxylic acids is 3. The first-order valence-corrected chi connectivity index (χ1v) is 10.7. The molecular formula is C23H24N2O5S. The Morgan fingerprint density at radius 3 is 2.58 bits per heavy atom. The molecule has 2 aromatic rings. The lowest BCUT2D eigenvalue weighted by Crippen LogP contribution is -2.41. The number of nitrogens with zero attached hydrogens (tertiary/aromatic N) is 1. The van der Waals surface area contributed by atoms with Gasteiger partial charge in [0.15, 0.2) is 0 Å². The first-order valence-electron chi connectivity index (χ1n) is 9.84. The highest BCUT2D eigenvalue weighted by Crippen LogP contribution is 2.33. The SMILES string of the molecule is COc1ccccc1/C=C1\SC(=O)N(CCC(=O)N[C@@H](CO)Cc2ccccc2)C1=O. The quantitative estimate of drug-likeness (QED) is 0.582. The van der Waals surface area contributed by atoms with Crippen molar-refractivity contribution in [1.82, 2.24) is 10.2 Å². The fourth-order valence-corrected chi connectivity index (χ4v) is 4.05. The maximum absolute atomic E-state index is 12.7. The zero-order valence-electron chi connectivity index (χ0n) is 17.1. The normalized spacial score (nSPS) is 15.9. The van der Waals surface area contributed by atoms with Crippen molar-refractivity contribution in [2.45, 2.75) is 18.9 Å². The fraction of sp³-hybridized carbons (Fsp3) is 0.261. The third-order valence-electron chi connectivity index (χ3n) is 4.77. The number of hydrogen-bond acceptors (Lipinski definition) is 6. The maximum Gasteiger partial charge on any atom is 0.293 e. The molecule has 1 saturated heterocycles. The smallest absolute Gasteiger partial charge is 0.293 e. The van der Waals surface area contributed by atoms with Gasteiger partial charge in [-0.25, -0.2) is 0 Å². The Morgan fingerprint density at radius 2 is 1.87 bits per heavy atom. The summed E-state index contributed by atoms with van der Waals surface area (Å²) < 4.78 is 5.28. The number of benzene rings is 2. The third kappa shape index (κ3) is 5.96. The molecule has 0 bridgehead atoms. The Hall–Kier alpha value is -3.10. The van der Waals surface area contributed by atoms with E-state index >= 15 is 0 Å². The molecule has 0 saturated carbocycles. The van der Waals surface area contributed by atoms with Crippen molar-refractivity contribution in [3.8, 4) is 5.75 Å². The number of nitrogens with one attached hydrogen (secondary N) is 1. The van der Waals surface area contributed by atoms with Gasteiger partial charge in [0.25, 0.3) is 11.1 Å². The van der Waals surface area contributed by atoms with E-state index in [9.17, 15) is 19.5 Å². The predicted octanol–water partition coefficient (Wildman–Crippen LogP) is 2.84. The van der Waals surface area contributed by atoms with Gasteiger partial charge >= 0.3 is 0 Å². The van der Waals surface area contributed by atoms with E-state index in [0.717, 1.165) is 22.2 Å². The van der Waals surface area contributed by atoms with E-state index < -0.39 is 17.2 Å². The molecule has 31 heavy (non-hydrogen) atoms. The average Bonchev–Trinajstić information content (AvgIpc) is 3.05. The second-order valence-electron chi connectivity index (χ2n) is 6.96. The summed E-state index contributed by atoms with van der Waals surface area (Å²) in [5, 5.41) is 11.9. The molecule has 0 radical (unpaired) electrons. The number of para-hydroxylation sites is 1. The van der Waals surface area contributed by atoms with Crippen LogP contribution in [0.2, 0.25) is 0 Å². The summed E-state index contributed by atoms with van der Waals surface area (Å²) in [6.07, 6.45) is 2.07. The molecule has 8 heteroatoms. The molecule has 1 heterocycles. The van der Waals surface area contributed by atoms with Crippen LogP contribution in [-0.2, 0) is 16.0 Å². The molecule has 0 aromatic heterocycles. The monoisotopic (exact) mass is 440 g/mol. The number of rotatable bonds is 9. The number of aliphatic hydroxyl groups is 1. The van der Waals surface area contributed by atoms with Crippen LogP contribution in [0.25, 0.3) is 6.08 Å². The Bertz CT molecular complexity index is 977. The van der Waals surface area contributed by atoms with Crippen molar-refractivity contribution >= 4 is 34.9 Å². The lowest BCUT2D eigenvalue weighted by molar-refractivity contribution is -0.124. The van der Waals surface area contributed by atoms with Gasteiger partial charge in [-0.05, 0) is 35.9 Å². The minimum absolute atomic E-state index is 0.0246. The minimum atomic E-state index is -0.435. The van der Waals surface area contributed by atoms with Crippen molar-refractivity contribution in [2.24, 2.45) is 0 Å². The molecule has 1 fully saturated rings. The molecule has 3 amide bonds. The number of methoxy groups -OCH3 is 1. The second kappa shape index (κ2) is 10.8. The summed E-state index contributed by atoms with van der Waals surface area (Å²) in [5.74, 6) is -0.165. The van der Waals surface area contributed by atoms with E-state index in [1.807, 2.05) is 42.5 Å². The van der Waals surface area contributed by atoms with Crippen LogP contribution >= 0.6 is 11.8 Å². The van der Waals surface area contributed by atoms with E-state index in [-0.39, 0.29) is 30.4 Å². The van der Waals surface area contributed by atoms with Crippen LogP contribution in [0.3, 0.4) is 0 Å². The lowest BCUT2D eigenvalue weighted by Gasteiger charge is -2.18. The third-order valence-corrected chi connectivity index (χ3v) is 5.68. The predicted molar refractivity (Wildman–Crippen MR) is 119 cm³/mol. The molecule has 0 spiro atoms. The van der Waals surface area contributed by atoms with Gasteiger partial charge in [-0.1, -0.05) is 48.5 Å². The molecule has 0 unspecified atom stereocenters. The Kier molecular flexibility index (Phi) is 7.86. The highest BCUT2D eigenvalue weighted by atomic mass is 32.2. The van der Waals surface area contributed by atoms with E-state index in [4.69, 9.17) is 4.74 Å². The molecule has 1 aliphatic heterocycles. The Labute approximate surface area is 185 Å². The van der Waals surface area contributed by atoms with E-state index in [1.165, 1.54) is 7.11 Å². The van der Waals surface area contributed by atoms with Crippen LogP contribution in [0.1, 0.15) is 17.5 Å². The van der Waals surface area contributed by atoms with Gasteiger partial charge in [0.2, 0.25) is 5.91 Å². The van der Waals surface area contributed by atoms with E-state index in [0.29, 0.717) is 17.7 Å². The van der Waals surface area contributed by atoms with Gasteiger partial charge < -0.3 is 15.2 Å². The molecule has 2 aromatic carbocycles. The first kappa shape index (κ1) is 22.6. The number of thioether (sulfide) groups is 1. The first-order chi connectivity index (χ1) is 15.0. The number of ether oxygens (including phenoxy) is 1. The molecule has 7 nitrogen and oxygen atoms in total. The summed E-state index contributed by atoms with van der Waals surface area (Å²) >= 11 is 0.839. The zero-order valence-corrected chi connectivity index (χ0v) is 17.9. The Morgan fingerprint density at radius 1 is 1.16 bits per heavy atom. The van der Waals surface area contributed by atoms with Crippen LogP contribution < -0.4 is 10.1 Å². The summed E-state index contributed by atoms with van der Waals surface area (Å²) in [6.45, 7) is -0.229. The van der Waals surface area contributed by atoms with Crippen molar-refractivity contribution in [3.63, 3.8) is 0 Å². The van der Waals surface area contributed by atoms with Crippen LogP contribution in [0.15, 0.2) is 59.5 Å². The zero-order chi connectivity index (χ0) is 22.2. The van der Waals surface area contributed by atoms with Crippen molar-refractivity contribution in [3.05, 3.63) is 70.6 Å². The number of aliphatic hydroxyl groups excluding tert-OH is 1. The van der Waals surface area contributed by atoms with E-state index in [2.05, 4.69) is 5.32 Å². The number of carbonyl (C=O) groups is 3. The maximum atomic E-state index is 12.7. The standard InChI is InChI=1S/C23H24N2O5S/c1-30-19-10-6-5-9-17(19)14-20-22(28)25(23(29)31-20)12-11-21(27)24-18(15-26)13-16-7-3-2-4-8-16/h2-10,14,18,26H,11-13,15H2,1H3,(H,24,27)/b20-14-/t18-/m1/s1. The van der Waals surface area contributed by atoms with Crippen LogP contribution in [0, 0.1) is 0 Å². The number of imide groups is 1. The molecule has 2 N–H and O–H groups in total. The lowest BCUT2D eigenvalue weighted by atomic mass is 10.1. The number of amides is 3. The van der Waals surface area contributed by atoms with E-state index in [1.54, 1.807) is 18.2 Å². The molecule has 0 aliphatic carbocycles. The van der Waals surface area contributed by atoms with Crippen LogP contribution in [0.5, 0.6) is 5.75 Å². The van der Waals surface area contributed by atoms with Gasteiger partial charge in [0, 0.05) is 18.5 Å². The fourth-order valence-electron chi connectivity index (χ4n) is 3.19. The molecular weight excluding hydrogens is 416 g/mol. The van der Waals surface area contributed by atoms with Crippen LogP contribution in [-0.4, -0.2) is 53.4 Å². The van der Waals surface area contributed by atoms with Gasteiger partial charge in [0.1, 0.15) is 5.75 Å². The summed E-state index contributed by atoms with van der Waals surface area (Å²) in [5.41, 5.74) is 1.69. The molecule has 1 atom stereocenters. The largest absolute Gasteiger partial charge is 0.496 e. The average molecular weight is 441 g/mol. The van der Waals surface area contributed by atoms with Crippen LogP contribution in [0.4, 0.5) is 4.79 Å². The van der Waals surface area contributed by atoms with Gasteiger partial charge in [-0.3, -0.25) is 19.3 Å². The molecule has 3 rings (SSSR count). The summed E-state index contributed by atoms with van der Waals surface area (Å²) in [4.78, 5) is 38.6. The van der Waals surface area contributed by atoms with Gasteiger partial charge in [0.05, 0.1) is 24.7 Å².